The zero-order valence-electron chi connectivity index (χ0n) is 18.7. The molecule has 0 saturated heterocycles. The molecule has 0 aliphatic heterocycles. The summed E-state index contributed by atoms with van der Waals surface area (Å²) in [6.07, 6.45) is 0.733. The molecule has 8 heteroatoms. The smallest absolute Gasteiger partial charge is 0.306 e. The van der Waals surface area contributed by atoms with E-state index in [9.17, 15) is 19.8 Å². The van der Waals surface area contributed by atoms with Crippen LogP contribution >= 0.6 is 12.2 Å². The topological polar surface area (TPSA) is 83.8 Å². The Kier molecular flexibility index (Phi) is 5.26. The van der Waals surface area contributed by atoms with Crippen molar-refractivity contribution in [3.8, 4) is 0 Å². The number of ketones is 1. The van der Waals surface area contributed by atoms with Gasteiger partial charge in [0.15, 0.2) is 17.1 Å². The van der Waals surface area contributed by atoms with Crippen molar-refractivity contribution in [1.82, 2.24) is 0 Å². The van der Waals surface area contributed by atoms with Crippen LogP contribution in [0.1, 0.15) is 53.4 Å². The van der Waals surface area contributed by atoms with Crippen LogP contribution < -0.4 is 0 Å². The second kappa shape index (κ2) is 7.16. The second-order valence-corrected chi connectivity index (χ2v) is 10.8. The van der Waals surface area contributed by atoms with Crippen molar-refractivity contribution in [2.45, 2.75) is 76.9 Å². The molecule has 32 heavy (non-hydrogen) atoms. The minimum Gasteiger partial charge on any atom is -0.499 e. The van der Waals surface area contributed by atoms with E-state index in [1.807, 2.05) is 0 Å². The molecule has 3 fully saturated rings. The molecule has 0 amide bonds. The van der Waals surface area contributed by atoms with Crippen molar-refractivity contribution >= 4 is 29.0 Å². The Balaban J connectivity index is 1.87. The third-order valence-corrected chi connectivity index (χ3v) is 9.35. The lowest BCUT2D eigenvalue weighted by Gasteiger charge is -2.63. The molecule has 176 valence electrons. The predicted octanol–water partition coefficient (Wildman–Crippen LogP) is 4.13. The summed E-state index contributed by atoms with van der Waals surface area (Å²) in [6.45, 7) is 6.68. The highest BCUT2D eigenvalue weighted by molar-refractivity contribution is 7.80. The van der Waals surface area contributed by atoms with Crippen molar-refractivity contribution in [3.63, 3.8) is 0 Å². The normalized spacial score (nSPS) is 49.5. The minimum atomic E-state index is -2.23. The molecule has 5 nitrogen and oxygen atoms in total. The third-order valence-electron chi connectivity index (χ3n) is 9.05. The Bertz CT molecular complexity index is 949. The quantitative estimate of drug-likeness (QED) is 0.479. The van der Waals surface area contributed by atoms with Gasteiger partial charge >= 0.3 is 5.97 Å². The Morgan fingerprint density at radius 1 is 1.31 bits per heavy atom. The van der Waals surface area contributed by atoms with E-state index in [1.165, 1.54) is 19.1 Å². The van der Waals surface area contributed by atoms with Gasteiger partial charge in [0.25, 0.3) is 0 Å². The maximum absolute atomic E-state index is 17.1. The maximum atomic E-state index is 17.1. The van der Waals surface area contributed by atoms with Crippen molar-refractivity contribution in [2.24, 2.45) is 28.6 Å². The van der Waals surface area contributed by atoms with Crippen molar-refractivity contribution in [3.05, 3.63) is 23.8 Å². The summed E-state index contributed by atoms with van der Waals surface area (Å²) in [5.74, 6) is -2.84. The summed E-state index contributed by atoms with van der Waals surface area (Å²) in [5, 5.41) is 21.4. The zero-order chi connectivity index (χ0) is 23.9. The lowest BCUT2D eigenvalue weighted by molar-refractivity contribution is -0.222. The van der Waals surface area contributed by atoms with Gasteiger partial charge in [-0.3, -0.25) is 9.59 Å². The number of halogens is 2. The van der Waals surface area contributed by atoms with E-state index in [-0.39, 0.29) is 24.8 Å². The number of rotatable bonds is 3. The molecular weight excluding hydrogens is 438 g/mol. The minimum absolute atomic E-state index is 0.0544. The van der Waals surface area contributed by atoms with Crippen LogP contribution in [-0.4, -0.2) is 50.6 Å². The molecule has 9 atom stereocenters. The summed E-state index contributed by atoms with van der Waals surface area (Å²) < 4.78 is 38.4. The molecule has 0 aromatic carbocycles. The Hall–Kier alpha value is -1.67. The maximum Gasteiger partial charge on any atom is 0.306 e. The number of esters is 1. The van der Waals surface area contributed by atoms with Crippen molar-refractivity contribution in [2.75, 3.05) is 0 Å². The van der Waals surface area contributed by atoms with E-state index in [0.29, 0.717) is 6.42 Å². The van der Waals surface area contributed by atoms with Crippen LogP contribution in [0.5, 0.6) is 0 Å². The van der Waals surface area contributed by atoms with Crippen LogP contribution in [0.4, 0.5) is 8.78 Å². The van der Waals surface area contributed by atoms with Gasteiger partial charge in [0.05, 0.1) is 6.10 Å². The first-order valence-electron chi connectivity index (χ1n) is 11.2. The first-order chi connectivity index (χ1) is 14.8. The molecule has 4 aliphatic rings. The highest BCUT2D eigenvalue weighted by Crippen LogP contribution is 2.71. The largest absolute Gasteiger partial charge is 0.499 e. The average molecular weight is 469 g/mol. The number of ether oxygens (including phenoxy) is 1. The fourth-order valence-electron chi connectivity index (χ4n) is 7.49. The van der Waals surface area contributed by atoms with E-state index < -0.39 is 68.9 Å². The Labute approximate surface area is 191 Å². The van der Waals surface area contributed by atoms with Crippen LogP contribution in [0, 0.1) is 28.6 Å². The van der Waals surface area contributed by atoms with Crippen LogP contribution in [-0.2, 0) is 14.3 Å². The van der Waals surface area contributed by atoms with Gasteiger partial charge in [-0.15, -0.1) is 0 Å². The molecule has 0 aromatic heterocycles. The van der Waals surface area contributed by atoms with Crippen LogP contribution in [0.3, 0.4) is 0 Å². The zero-order valence-corrected chi connectivity index (χ0v) is 19.5. The Morgan fingerprint density at radius 2 is 1.97 bits per heavy atom. The van der Waals surface area contributed by atoms with Gasteiger partial charge in [-0.1, -0.05) is 26.8 Å². The summed E-state index contributed by atoms with van der Waals surface area (Å²) in [5.41, 5.74) is -6.33. The number of aliphatic hydroxyl groups excluding tert-OH is 2. The molecule has 0 heterocycles. The van der Waals surface area contributed by atoms with E-state index in [2.05, 4.69) is 0 Å². The summed E-state index contributed by atoms with van der Waals surface area (Å²) >= 11 is 5.19. The number of hydrogen-bond donors (Lipinski definition) is 2. The van der Waals surface area contributed by atoms with E-state index in [1.54, 1.807) is 20.8 Å². The first kappa shape index (κ1) is 23.5. The molecule has 4 rings (SSSR count). The van der Waals surface area contributed by atoms with E-state index in [4.69, 9.17) is 17.0 Å². The van der Waals surface area contributed by atoms with Crippen molar-refractivity contribution in [1.29, 1.82) is 0 Å². The molecule has 0 aromatic rings. The number of fused-ring (bicyclic) bond motifs is 5. The highest BCUT2D eigenvalue weighted by Gasteiger charge is 2.77. The Morgan fingerprint density at radius 3 is 2.56 bits per heavy atom. The molecule has 0 spiro atoms. The summed E-state index contributed by atoms with van der Waals surface area (Å²) in [6, 6.07) is 0. The molecule has 2 N–H and O–H groups in total. The molecule has 4 aliphatic carbocycles. The van der Waals surface area contributed by atoms with E-state index >= 15 is 8.78 Å². The second-order valence-electron chi connectivity index (χ2n) is 10.4. The predicted molar refractivity (Wildman–Crippen MR) is 118 cm³/mol. The number of hydrogen-bond acceptors (Lipinski definition) is 5. The van der Waals surface area contributed by atoms with Gasteiger partial charge in [0.1, 0.15) is 6.17 Å². The molecular formula is C24H30F2O5S. The summed E-state index contributed by atoms with van der Waals surface area (Å²) in [4.78, 5) is 24.3. The lowest BCUT2D eigenvalue weighted by atomic mass is 9.44. The van der Waals surface area contributed by atoms with Crippen molar-refractivity contribution < 1.29 is 33.3 Å². The van der Waals surface area contributed by atoms with Gasteiger partial charge in [0.2, 0.25) is 5.05 Å². The van der Waals surface area contributed by atoms with Gasteiger partial charge in [-0.2, -0.15) is 0 Å². The number of aliphatic hydroxyl groups is 2. The lowest BCUT2D eigenvalue weighted by Crippen LogP contribution is -2.70. The highest BCUT2D eigenvalue weighted by atomic mass is 32.1. The molecule has 0 radical (unpaired) electrons. The van der Waals surface area contributed by atoms with Gasteiger partial charge in [0, 0.05) is 29.1 Å². The molecule has 0 bridgehead atoms. The van der Waals surface area contributed by atoms with Crippen LogP contribution in [0.2, 0.25) is 0 Å². The number of alkyl halides is 2. The average Bonchev–Trinajstić information content (AvgIpc) is 2.93. The van der Waals surface area contributed by atoms with Gasteiger partial charge < -0.3 is 14.9 Å². The molecule has 1 unspecified atom stereocenters. The first-order valence-corrected chi connectivity index (χ1v) is 11.6. The summed E-state index contributed by atoms with van der Waals surface area (Å²) in [7, 11) is 0. The van der Waals surface area contributed by atoms with Gasteiger partial charge in [-0.05, 0) is 62.0 Å². The molecule has 3 saturated carbocycles. The monoisotopic (exact) mass is 468 g/mol. The SMILES string of the molecule is CCC(=O)O[C@]1(C(O)=S)C(C)C[C@H]2[C@@H]3C[C@H](F)C4=CC(=O)C=C[C@]4(C)[C@@]3(F)[C@H](O)C[C@@]21C. The fraction of sp³-hybridized carbons (Fsp3) is 0.708. The number of allylic oxidation sites excluding steroid dienone is 4. The van der Waals surface area contributed by atoms with Crippen LogP contribution in [0.25, 0.3) is 0 Å². The number of carbonyl (C=O) groups is 2. The standard InChI is InChI=1S/C24H30F2O5S/c1-5-19(29)31-24(20(30)32)12(2)8-14-15-10-17(25)16-9-13(27)6-7-21(16,3)23(15,26)18(28)11-22(14,24)4/h6-7,9,12,14-15,17-18,28H,5,8,10-11H2,1-4H3,(H,30,32)/t12?,14-,15-,17-,18+,21-,22-,23-,24-/m0/s1. The van der Waals surface area contributed by atoms with Gasteiger partial charge in [-0.25, -0.2) is 8.78 Å². The third kappa shape index (κ3) is 2.59. The van der Waals surface area contributed by atoms with E-state index in [0.717, 1.165) is 6.08 Å². The van der Waals surface area contributed by atoms with Crippen LogP contribution in [0.15, 0.2) is 23.8 Å². The number of carbonyl (C=O) groups excluding carboxylic acids is 2. The number of thiocarbonyl (C=S) groups is 1. The fourth-order valence-corrected chi connectivity index (χ4v) is 7.97.